The second kappa shape index (κ2) is 9.37. The normalized spacial score (nSPS) is 10.9. The van der Waals surface area contributed by atoms with E-state index in [4.69, 9.17) is 16.3 Å². The van der Waals surface area contributed by atoms with Gasteiger partial charge in [0.1, 0.15) is 12.4 Å². The molecule has 0 aliphatic rings. The zero-order chi connectivity index (χ0) is 19.9. The number of thiazole rings is 1. The first-order valence-corrected chi connectivity index (χ1v) is 10.3. The Morgan fingerprint density at radius 2 is 1.83 bits per heavy atom. The summed E-state index contributed by atoms with van der Waals surface area (Å²) in [4.78, 5) is 4.55. The van der Waals surface area contributed by atoms with Crippen LogP contribution in [0.3, 0.4) is 0 Å². The van der Waals surface area contributed by atoms with Crippen LogP contribution >= 0.6 is 22.9 Å². The molecule has 4 rings (SSSR count). The van der Waals surface area contributed by atoms with Crippen molar-refractivity contribution in [3.8, 4) is 17.0 Å². The maximum Gasteiger partial charge on any atom is 0.203 e. The molecular formula is C23H18ClN3OS. The van der Waals surface area contributed by atoms with E-state index in [0.717, 1.165) is 33.3 Å². The number of rotatable bonds is 7. The van der Waals surface area contributed by atoms with Gasteiger partial charge in [-0.25, -0.2) is 4.98 Å². The highest BCUT2D eigenvalue weighted by Crippen LogP contribution is 2.26. The number of hydrazone groups is 1. The van der Waals surface area contributed by atoms with Crippen LogP contribution in [0.1, 0.15) is 11.1 Å². The van der Waals surface area contributed by atoms with Crippen molar-refractivity contribution in [1.82, 2.24) is 4.98 Å². The van der Waals surface area contributed by atoms with Crippen LogP contribution in [-0.4, -0.2) is 11.2 Å². The van der Waals surface area contributed by atoms with E-state index in [9.17, 15) is 0 Å². The Hall–Kier alpha value is -3.15. The van der Waals surface area contributed by atoms with Gasteiger partial charge in [-0.05, 0) is 35.4 Å². The monoisotopic (exact) mass is 419 g/mol. The minimum atomic E-state index is 0.534. The standard InChI is InChI=1S/C23H18ClN3OS/c24-20-11-9-19(10-12-20)22-16-29-23(26-22)27-25-14-18-7-4-8-21(13-18)28-15-17-5-2-1-3-6-17/h1-14,16H,15H2,(H,26,27). The number of ether oxygens (including phenoxy) is 1. The molecule has 1 aromatic heterocycles. The molecule has 0 unspecified atom stereocenters. The average molecular weight is 420 g/mol. The van der Waals surface area contributed by atoms with Crippen LogP contribution in [-0.2, 0) is 6.61 Å². The Kier molecular flexibility index (Phi) is 6.19. The molecule has 1 heterocycles. The summed E-state index contributed by atoms with van der Waals surface area (Å²) in [7, 11) is 0. The van der Waals surface area contributed by atoms with Crippen molar-refractivity contribution in [2.24, 2.45) is 5.10 Å². The summed E-state index contributed by atoms with van der Waals surface area (Å²) >= 11 is 7.43. The molecule has 1 N–H and O–H groups in total. The molecule has 29 heavy (non-hydrogen) atoms. The third-order valence-electron chi connectivity index (χ3n) is 4.12. The first kappa shape index (κ1) is 19.2. The van der Waals surface area contributed by atoms with Gasteiger partial charge in [-0.15, -0.1) is 11.3 Å². The lowest BCUT2D eigenvalue weighted by Gasteiger charge is -2.06. The number of nitrogens with zero attached hydrogens (tertiary/aromatic N) is 2. The van der Waals surface area contributed by atoms with Crippen LogP contribution in [0, 0.1) is 0 Å². The van der Waals surface area contributed by atoms with Crippen molar-refractivity contribution in [2.75, 3.05) is 5.43 Å². The van der Waals surface area contributed by atoms with E-state index in [1.165, 1.54) is 11.3 Å². The Morgan fingerprint density at radius 3 is 2.66 bits per heavy atom. The van der Waals surface area contributed by atoms with Gasteiger partial charge in [-0.1, -0.05) is 66.2 Å². The van der Waals surface area contributed by atoms with Gasteiger partial charge in [-0.2, -0.15) is 5.10 Å². The van der Waals surface area contributed by atoms with Gasteiger partial charge in [0.2, 0.25) is 5.13 Å². The molecule has 0 aliphatic heterocycles. The molecule has 3 aromatic carbocycles. The van der Waals surface area contributed by atoms with E-state index < -0.39 is 0 Å². The van der Waals surface area contributed by atoms with Gasteiger partial charge in [0.25, 0.3) is 0 Å². The molecule has 0 saturated heterocycles. The van der Waals surface area contributed by atoms with Gasteiger partial charge < -0.3 is 4.74 Å². The Morgan fingerprint density at radius 1 is 1.00 bits per heavy atom. The van der Waals surface area contributed by atoms with Crippen LogP contribution in [0.5, 0.6) is 5.75 Å². The second-order valence-electron chi connectivity index (χ2n) is 6.26. The lowest BCUT2D eigenvalue weighted by atomic mass is 10.2. The van der Waals surface area contributed by atoms with Crippen LogP contribution in [0.15, 0.2) is 89.3 Å². The highest BCUT2D eigenvalue weighted by molar-refractivity contribution is 7.14. The molecule has 6 heteroatoms. The highest BCUT2D eigenvalue weighted by Gasteiger charge is 2.04. The number of nitrogens with one attached hydrogen (secondary N) is 1. The lowest BCUT2D eigenvalue weighted by Crippen LogP contribution is -1.96. The molecule has 0 fully saturated rings. The zero-order valence-corrected chi connectivity index (χ0v) is 17.0. The molecule has 0 spiro atoms. The van der Waals surface area contributed by atoms with Crippen molar-refractivity contribution in [3.05, 3.63) is 100 Å². The van der Waals surface area contributed by atoms with Gasteiger partial charge in [0.15, 0.2) is 0 Å². The Bertz CT molecular complexity index is 1090. The number of hydrogen-bond acceptors (Lipinski definition) is 5. The summed E-state index contributed by atoms with van der Waals surface area (Å²) in [6, 6.07) is 25.5. The van der Waals surface area contributed by atoms with Crippen LogP contribution < -0.4 is 10.2 Å². The number of aromatic nitrogens is 1. The maximum atomic E-state index is 5.93. The maximum absolute atomic E-state index is 5.93. The number of anilines is 1. The Balaban J connectivity index is 1.35. The summed E-state index contributed by atoms with van der Waals surface area (Å²) in [5.41, 5.74) is 6.97. The van der Waals surface area contributed by atoms with E-state index in [-0.39, 0.29) is 0 Å². The third-order valence-corrected chi connectivity index (χ3v) is 5.12. The van der Waals surface area contributed by atoms with Gasteiger partial charge in [0, 0.05) is 16.0 Å². The smallest absolute Gasteiger partial charge is 0.203 e. The molecule has 0 aliphatic carbocycles. The summed E-state index contributed by atoms with van der Waals surface area (Å²) < 4.78 is 5.86. The SMILES string of the molecule is Clc1ccc(-c2csc(NN=Cc3cccc(OCc4ccccc4)c3)n2)cc1. The summed E-state index contributed by atoms with van der Waals surface area (Å²) in [5.74, 6) is 0.803. The molecule has 0 saturated carbocycles. The fraction of sp³-hybridized carbons (Fsp3) is 0.0435. The van der Waals surface area contributed by atoms with Crippen molar-refractivity contribution >= 4 is 34.3 Å². The molecular weight excluding hydrogens is 402 g/mol. The minimum Gasteiger partial charge on any atom is -0.489 e. The van der Waals surface area contributed by atoms with E-state index in [2.05, 4.69) is 15.5 Å². The predicted molar refractivity (Wildman–Crippen MR) is 121 cm³/mol. The van der Waals surface area contributed by atoms with Gasteiger partial charge in [-0.3, -0.25) is 5.43 Å². The van der Waals surface area contributed by atoms with E-state index in [1.807, 2.05) is 84.2 Å². The molecule has 0 atom stereocenters. The fourth-order valence-corrected chi connectivity index (χ4v) is 3.46. The third kappa shape index (κ3) is 5.44. The average Bonchev–Trinajstić information content (AvgIpc) is 3.23. The Labute approximate surface area is 178 Å². The summed E-state index contributed by atoms with van der Waals surface area (Å²) in [6.07, 6.45) is 1.75. The van der Waals surface area contributed by atoms with Gasteiger partial charge >= 0.3 is 0 Å². The van der Waals surface area contributed by atoms with Crippen molar-refractivity contribution in [1.29, 1.82) is 0 Å². The summed E-state index contributed by atoms with van der Waals surface area (Å²) in [5, 5.41) is 7.71. The fourth-order valence-electron chi connectivity index (χ4n) is 2.67. The molecule has 4 aromatic rings. The summed E-state index contributed by atoms with van der Waals surface area (Å²) in [6.45, 7) is 0.534. The van der Waals surface area contributed by atoms with E-state index >= 15 is 0 Å². The predicted octanol–water partition coefficient (Wildman–Crippen LogP) is 6.49. The zero-order valence-electron chi connectivity index (χ0n) is 15.5. The van der Waals surface area contributed by atoms with Crippen molar-refractivity contribution in [3.63, 3.8) is 0 Å². The number of halogens is 1. The first-order valence-electron chi connectivity index (χ1n) is 9.03. The topological polar surface area (TPSA) is 46.5 Å². The molecule has 0 bridgehead atoms. The molecule has 144 valence electrons. The molecule has 4 nitrogen and oxygen atoms in total. The molecule has 0 amide bonds. The van der Waals surface area contributed by atoms with Crippen molar-refractivity contribution in [2.45, 2.75) is 6.61 Å². The number of benzene rings is 3. The minimum absolute atomic E-state index is 0.534. The quantitative estimate of drug-likeness (QED) is 0.275. The van der Waals surface area contributed by atoms with Gasteiger partial charge in [0.05, 0.1) is 11.9 Å². The first-order chi connectivity index (χ1) is 14.3. The largest absolute Gasteiger partial charge is 0.489 e. The molecule has 0 radical (unpaired) electrons. The number of hydrogen-bond donors (Lipinski definition) is 1. The van der Waals surface area contributed by atoms with Crippen molar-refractivity contribution < 1.29 is 4.74 Å². The van der Waals surface area contributed by atoms with E-state index in [0.29, 0.717) is 11.6 Å². The second-order valence-corrected chi connectivity index (χ2v) is 7.56. The highest BCUT2D eigenvalue weighted by atomic mass is 35.5. The van der Waals surface area contributed by atoms with Crippen LogP contribution in [0.4, 0.5) is 5.13 Å². The van der Waals surface area contributed by atoms with Crippen LogP contribution in [0.2, 0.25) is 5.02 Å². The lowest BCUT2D eigenvalue weighted by molar-refractivity contribution is 0.306. The van der Waals surface area contributed by atoms with Crippen LogP contribution in [0.25, 0.3) is 11.3 Å². The van der Waals surface area contributed by atoms with E-state index in [1.54, 1.807) is 6.21 Å².